The number of nitrogens with zero attached hydrogens (tertiary/aromatic N) is 1. The second-order valence-electron chi connectivity index (χ2n) is 5.82. The summed E-state index contributed by atoms with van der Waals surface area (Å²) in [6.07, 6.45) is 1.71. The normalized spacial score (nSPS) is 22.5. The van der Waals surface area contributed by atoms with Crippen LogP contribution in [0.3, 0.4) is 0 Å². The van der Waals surface area contributed by atoms with Crippen molar-refractivity contribution in [1.82, 2.24) is 9.55 Å². The van der Waals surface area contributed by atoms with Crippen molar-refractivity contribution in [2.24, 2.45) is 0 Å². The third-order valence-corrected chi connectivity index (χ3v) is 4.15. The lowest BCUT2D eigenvalue weighted by Crippen LogP contribution is -2.40. The van der Waals surface area contributed by atoms with Crippen molar-refractivity contribution in [1.29, 1.82) is 0 Å². The molecular weight excluding hydrogens is 324 g/mol. The Balaban J connectivity index is 1.93. The summed E-state index contributed by atoms with van der Waals surface area (Å²) >= 11 is 0. The molecule has 0 bridgehead atoms. The summed E-state index contributed by atoms with van der Waals surface area (Å²) in [6.45, 7) is 5.45. The minimum atomic E-state index is -0.729. The van der Waals surface area contributed by atoms with E-state index in [2.05, 4.69) is 11.6 Å². The number of aromatic nitrogens is 2. The van der Waals surface area contributed by atoms with Crippen molar-refractivity contribution in [2.45, 2.75) is 25.2 Å². The number of carbonyl (C=O) groups excluding carboxylic acids is 1. The number of esters is 1. The van der Waals surface area contributed by atoms with E-state index in [0.29, 0.717) is 11.1 Å². The molecule has 1 N–H and O–H groups in total. The van der Waals surface area contributed by atoms with Crippen LogP contribution in [0.1, 0.15) is 22.0 Å². The van der Waals surface area contributed by atoms with Gasteiger partial charge >= 0.3 is 11.7 Å². The Labute approximate surface area is 143 Å². The summed E-state index contributed by atoms with van der Waals surface area (Å²) in [7, 11) is 0. The number of H-pyrrole nitrogens is 1. The van der Waals surface area contributed by atoms with E-state index < -0.39 is 35.5 Å². The highest BCUT2D eigenvalue weighted by Crippen LogP contribution is 2.28. The summed E-state index contributed by atoms with van der Waals surface area (Å²) in [5.41, 5.74) is -0.233. The molecule has 3 rings (SSSR count). The van der Waals surface area contributed by atoms with E-state index in [4.69, 9.17) is 9.47 Å². The Morgan fingerprint density at radius 3 is 2.76 bits per heavy atom. The maximum Gasteiger partial charge on any atom is 0.338 e. The van der Waals surface area contributed by atoms with E-state index in [1.165, 1.54) is 16.8 Å². The van der Waals surface area contributed by atoms with Crippen molar-refractivity contribution in [3.8, 4) is 0 Å². The van der Waals surface area contributed by atoms with Gasteiger partial charge in [-0.25, -0.2) is 9.59 Å². The lowest BCUT2D eigenvalue weighted by Gasteiger charge is -2.23. The fourth-order valence-corrected chi connectivity index (χ4v) is 2.80. The van der Waals surface area contributed by atoms with Gasteiger partial charge in [-0.05, 0) is 19.1 Å². The molecule has 130 valence electrons. The average molecular weight is 342 g/mol. The molecule has 0 amide bonds. The second-order valence-corrected chi connectivity index (χ2v) is 5.82. The van der Waals surface area contributed by atoms with Gasteiger partial charge in [0.05, 0.1) is 12.2 Å². The molecule has 0 radical (unpaired) electrons. The fraction of sp³-hybridized carbons (Fsp3) is 0.278. The molecule has 1 fully saturated rings. The van der Waals surface area contributed by atoms with E-state index in [1.807, 2.05) is 0 Å². The van der Waals surface area contributed by atoms with Crippen molar-refractivity contribution >= 4 is 5.97 Å². The van der Waals surface area contributed by atoms with Crippen LogP contribution in [-0.4, -0.2) is 34.3 Å². The predicted octanol–water partition coefficient (Wildman–Crippen LogP) is 1.20. The molecule has 1 aromatic carbocycles. The molecule has 0 unspecified atom stereocenters. The van der Waals surface area contributed by atoms with E-state index >= 15 is 0 Å². The van der Waals surface area contributed by atoms with Crippen molar-refractivity contribution in [3.63, 3.8) is 0 Å². The number of aromatic amines is 1. The standard InChI is InChI=1S/C18H18N2O5/c1-3-14-15(25-17(22)12-7-5-4-6-8-12)13(10-24-14)20-9-11(2)16(21)19-18(20)23/h3-9,13-15H,1,10H2,2H3,(H,19,21,23)/t13-,14-,15+/m0/s1. The van der Waals surface area contributed by atoms with E-state index in [0.717, 1.165) is 0 Å². The molecule has 1 saturated heterocycles. The SMILES string of the molecule is C=C[C@@H]1OC[C@H](n2cc(C)c(=O)[nH]c2=O)[C@H]1OC(=O)c1ccccc1. The first kappa shape index (κ1) is 16.9. The van der Waals surface area contributed by atoms with Gasteiger partial charge in [0.25, 0.3) is 5.56 Å². The number of rotatable bonds is 4. The number of hydrogen-bond donors (Lipinski definition) is 1. The Morgan fingerprint density at radius 1 is 1.36 bits per heavy atom. The molecule has 1 aromatic heterocycles. The molecule has 25 heavy (non-hydrogen) atoms. The van der Waals surface area contributed by atoms with Crippen LogP contribution in [0.15, 0.2) is 58.8 Å². The zero-order valence-electron chi connectivity index (χ0n) is 13.7. The minimum Gasteiger partial charge on any atom is -0.453 e. The molecule has 7 nitrogen and oxygen atoms in total. The molecule has 0 aliphatic carbocycles. The summed E-state index contributed by atoms with van der Waals surface area (Å²) in [5, 5.41) is 0. The van der Waals surface area contributed by atoms with Gasteiger partial charge in [0.1, 0.15) is 12.1 Å². The molecule has 7 heteroatoms. The van der Waals surface area contributed by atoms with Crippen LogP contribution in [0.2, 0.25) is 0 Å². The summed E-state index contributed by atoms with van der Waals surface area (Å²) < 4.78 is 12.5. The summed E-state index contributed by atoms with van der Waals surface area (Å²) in [6, 6.07) is 8.00. The smallest absolute Gasteiger partial charge is 0.338 e. The minimum absolute atomic E-state index is 0.162. The lowest BCUT2D eigenvalue weighted by atomic mass is 10.1. The van der Waals surface area contributed by atoms with E-state index in [9.17, 15) is 14.4 Å². The zero-order valence-corrected chi connectivity index (χ0v) is 13.7. The average Bonchev–Trinajstić information content (AvgIpc) is 3.01. The molecule has 2 heterocycles. The fourth-order valence-electron chi connectivity index (χ4n) is 2.80. The first-order valence-electron chi connectivity index (χ1n) is 7.83. The number of benzene rings is 1. The lowest BCUT2D eigenvalue weighted by molar-refractivity contribution is 0.00794. The van der Waals surface area contributed by atoms with Gasteiger partial charge in [0, 0.05) is 11.8 Å². The van der Waals surface area contributed by atoms with Crippen molar-refractivity contribution in [2.75, 3.05) is 6.61 Å². The highest BCUT2D eigenvalue weighted by atomic mass is 16.6. The van der Waals surface area contributed by atoms with Crippen LogP contribution in [0.4, 0.5) is 0 Å². The van der Waals surface area contributed by atoms with Gasteiger partial charge in [-0.2, -0.15) is 0 Å². The molecular formula is C18H18N2O5. The summed E-state index contributed by atoms with van der Waals surface area (Å²) in [5.74, 6) is -0.512. The maximum absolute atomic E-state index is 12.4. The quantitative estimate of drug-likeness (QED) is 0.666. The van der Waals surface area contributed by atoms with Crippen molar-refractivity contribution < 1.29 is 14.3 Å². The van der Waals surface area contributed by atoms with Crippen LogP contribution in [0.25, 0.3) is 0 Å². The van der Waals surface area contributed by atoms with Gasteiger partial charge in [0.2, 0.25) is 0 Å². The number of nitrogens with one attached hydrogen (secondary N) is 1. The Kier molecular flexibility index (Phi) is 4.67. The van der Waals surface area contributed by atoms with Gasteiger partial charge < -0.3 is 9.47 Å². The highest BCUT2D eigenvalue weighted by molar-refractivity contribution is 5.89. The van der Waals surface area contributed by atoms with Crippen LogP contribution in [0.5, 0.6) is 0 Å². The topological polar surface area (TPSA) is 90.4 Å². The van der Waals surface area contributed by atoms with Crippen LogP contribution in [-0.2, 0) is 9.47 Å². The molecule has 1 aliphatic rings. The monoisotopic (exact) mass is 342 g/mol. The van der Waals surface area contributed by atoms with E-state index in [1.54, 1.807) is 37.3 Å². The summed E-state index contributed by atoms with van der Waals surface area (Å²) in [4.78, 5) is 38.4. The molecule has 2 aromatic rings. The van der Waals surface area contributed by atoms with Gasteiger partial charge in [-0.15, -0.1) is 6.58 Å². The number of ether oxygens (including phenoxy) is 2. The largest absolute Gasteiger partial charge is 0.453 e. The third-order valence-electron chi connectivity index (χ3n) is 4.15. The molecule has 0 spiro atoms. The van der Waals surface area contributed by atoms with Crippen LogP contribution >= 0.6 is 0 Å². The number of carbonyl (C=O) groups is 1. The zero-order chi connectivity index (χ0) is 18.0. The van der Waals surface area contributed by atoms with Gasteiger partial charge in [-0.3, -0.25) is 14.3 Å². The highest BCUT2D eigenvalue weighted by Gasteiger charge is 2.40. The van der Waals surface area contributed by atoms with Crippen molar-refractivity contribution in [3.05, 3.63) is 81.1 Å². The van der Waals surface area contributed by atoms with Crippen LogP contribution < -0.4 is 11.2 Å². The molecule has 3 atom stereocenters. The predicted molar refractivity (Wildman–Crippen MR) is 90.7 cm³/mol. The number of hydrogen-bond acceptors (Lipinski definition) is 5. The molecule has 0 saturated carbocycles. The maximum atomic E-state index is 12.4. The van der Waals surface area contributed by atoms with Crippen LogP contribution in [0, 0.1) is 6.92 Å². The Bertz CT molecular complexity index is 900. The van der Waals surface area contributed by atoms with E-state index in [-0.39, 0.29) is 6.61 Å². The number of aryl methyl sites for hydroxylation is 1. The molecule has 1 aliphatic heterocycles. The van der Waals surface area contributed by atoms with Gasteiger partial charge in [-0.1, -0.05) is 24.3 Å². The Morgan fingerprint density at radius 2 is 2.08 bits per heavy atom. The first-order valence-corrected chi connectivity index (χ1v) is 7.83. The third kappa shape index (κ3) is 3.32. The Hall–Kier alpha value is -2.93. The first-order chi connectivity index (χ1) is 12.0. The van der Waals surface area contributed by atoms with Gasteiger partial charge in [0.15, 0.2) is 6.10 Å². The second kappa shape index (κ2) is 6.90.